The van der Waals surface area contributed by atoms with E-state index in [1.54, 1.807) is 24.3 Å². The van der Waals surface area contributed by atoms with Gasteiger partial charge in [0.1, 0.15) is 36.1 Å². The molecule has 4 atom stereocenters. The van der Waals surface area contributed by atoms with E-state index in [2.05, 4.69) is 26.3 Å². The van der Waals surface area contributed by atoms with Crippen molar-refractivity contribution in [3.8, 4) is 23.3 Å². The molecule has 3 fully saturated rings. The van der Waals surface area contributed by atoms with Crippen LogP contribution in [0.2, 0.25) is 5.02 Å². The Bertz CT molecular complexity index is 1770. The highest BCUT2D eigenvalue weighted by molar-refractivity contribution is 6.36. The maximum Gasteiger partial charge on any atom is 0.319 e. The third kappa shape index (κ3) is 5.09. The van der Waals surface area contributed by atoms with Crippen LogP contribution in [0.25, 0.3) is 32.9 Å². The largest absolute Gasteiger partial charge is 0.462 e. The van der Waals surface area contributed by atoms with Gasteiger partial charge < -0.3 is 15.0 Å². The van der Waals surface area contributed by atoms with Gasteiger partial charge in [0.15, 0.2) is 5.82 Å². The Balaban J connectivity index is 1.32. The number of rotatable bonds is 8. The van der Waals surface area contributed by atoms with Crippen LogP contribution >= 0.6 is 11.6 Å². The van der Waals surface area contributed by atoms with Crippen LogP contribution in [0, 0.1) is 28.9 Å². The number of hydrogen-bond donors (Lipinski definition) is 1. The molecule has 0 radical (unpaired) electrons. The van der Waals surface area contributed by atoms with Gasteiger partial charge in [-0.3, -0.25) is 9.88 Å². The van der Waals surface area contributed by atoms with E-state index < -0.39 is 18.3 Å². The van der Waals surface area contributed by atoms with Crippen LogP contribution in [0.5, 0.6) is 6.01 Å². The molecule has 1 unspecified atom stereocenters. The van der Waals surface area contributed by atoms with Gasteiger partial charge in [-0.15, -0.1) is 0 Å². The molecule has 3 aliphatic rings. The number of piperidine rings is 1. The molecule has 2 aromatic carbocycles. The van der Waals surface area contributed by atoms with E-state index in [4.69, 9.17) is 21.3 Å². The average Bonchev–Trinajstić information content (AvgIpc) is 3.64. The molecule has 2 saturated heterocycles. The summed E-state index contributed by atoms with van der Waals surface area (Å²) in [4.78, 5) is 18.0. The van der Waals surface area contributed by atoms with Gasteiger partial charge in [-0.1, -0.05) is 35.9 Å². The maximum atomic E-state index is 16.6. The van der Waals surface area contributed by atoms with Gasteiger partial charge in [-0.2, -0.15) is 15.2 Å². The number of likely N-dealkylation sites (tertiary alicyclic amines) is 1. The molecule has 2 aromatic heterocycles. The molecule has 12 heteroatoms. The normalized spacial score (nSPS) is 23.5. The van der Waals surface area contributed by atoms with Gasteiger partial charge in [0.05, 0.1) is 22.9 Å². The van der Waals surface area contributed by atoms with Gasteiger partial charge in [0, 0.05) is 61.5 Å². The van der Waals surface area contributed by atoms with E-state index in [0.29, 0.717) is 72.1 Å². The van der Waals surface area contributed by atoms with Crippen molar-refractivity contribution in [2.24, 2.45) is 5.92 Å². The second-order valence-corrected chi connectivity index (χ2v) is 12.1. The van der Waals surface area contributed by atoms with Gasteiger partial charge in [-0.25, -0.2) is 13.2 Å². The van der Waals surface area contributed by atoms with Gasteiger partial charge in [0.25, 0.3) is 0 Å². The van der Waals surface area contributed by atoms with Crippen molar-refractivity contribution in [3.05, 3.63) is 53.2 Å². The minimum Gasteiger partial charge on any atom is -0.462 e. The molecule has 228 valence electrons. The zero-order chi connectivity index (χ0) is 30.4. The molecule has 7 rings (SSSR count). The molecule has 1 saturated carbocycles. The first-order chi connectivity index (χ1) is 21.5. The third-order valence-corrected chi connectivity index (χ3v) is 9.71. The SMILES string of the molecule is N#CCC1CN(c2nc(OC[C@@H]3[C@@H]4CC[C@@H](C4)N3CCF)nc3c(F)c(-c4cccc5ccc(F)c(Cl)c45)ncc23)CCN1. The zero-order valence-electron chi connectivity index (χ0n) is 23.9. The lowest BCUT2D eigenvalue weighted by molar-refractivity contribution is 0.0839. The summed E-state index contributed by atoms with van der Waals surface area (Å²) in [6.45, 7) is 1.88. The van der Waals surface area contributed by atoms with Crippen molar-refractivity contribution in [2.45, 2.75) is 43.8 Å². The highest BCUT2D eigenvalue weighted by atomic mass is 35.5. The number of nitriles is 1. The minimum atomic E-state index is -0.702. The molecule has 44 heavy (non-hydrogen) atoms. The van der Waals surface area contributed by atoms with Crippen molar-refractivity contribution < 1.29 is 17.9 Å². The Morgan fingerprint density at radius 3 is 2.89 bits per heavy atom. The lowest BCUT2D eigenvalue weighted by Crippen LogP contribution is -2.51. The maximum absolute atomic E-state index is 16.6. The Morgan fingerprint density at radius 2 is 2.05 bits per heavy atom. The van der Waals surface area contributed by atoms with E-state index in [1.165, 1.54) is 12.3 Å². The van der Waals surface area contributed by atoms with E-state index in [1.807, 2.05) is 4.90 Å². The molecule has 1 N–H and O–H groups in total. The fraction of sp³-hybridized carbons (Fsp3) is 0.438. The number of alkyl halides is 1. The van der Waals surface area contributed by atoms with E-state index in [0.717, 1.165) is 19.3 Å². The molecule has 4 aromatic rings. The highest BCUT2D eigenvalue weighted by Gasteiger charge is 2.45. The summed E-state index contributed by atoms with van der Waals surface area (Å²) in [5.74, 6) is -0.439. The van der Waals surface area contributed by atoms with Crippen molar-refractivity contribution in [3.63, 3.8) is 0 Å². The molecular formula is C32H31ClF3N7O. The number of ether oxygens (including phenoxy) is 1. The number of aromatic nitrogens is 3. The number of halogens is 4. The van der Waals surface area contributed by atoms with Crippen molar-refractivity contribution in [1.82, 2.24) is 25.2 Å². The van der Waals surface area contributed by atoms with Crippen LogP contribution in [-0.2, 0) is 0 Å². The molecule has 0 amide bonds. The van der Waals surface area contributed by atoms with Crippen LogP contribution in [-0.4, -0.2) is 77.4 Å². The summed E-state index contributed by atoms with van der Waals surface area (Å²) in [5.41, 5.74) is 0.341. The Labute approximate surface area is 257 Å². The Morgan fingerprint density at radius 1 is 1.16 bits per heavy atom. The number of nitrogens with zero attached hydrogens (tertiary/aromatic N) is 6. The standard InChI is InChI=1S/C32H31ClF3N7O/c33-27-24(35)7-5-18-2-1-3-22(26(18)27)29-28(36)30-23(15-39-29)31(42-13-11-38-20(16-42)8-10-37)41-32(40-30)44-17-25-19-4-6-21(14-19)43(25)12-9-34/h1-3,5,7,15,19-21,25,38H,4,6,8-9,11-14,16-17H2/t19-,20?,21+,25-/m1/s1. The first-order valence-electron chi connectivity index (χ1n) is 15.0. The summed E-state index contributed by atoms with van der Waals surface area (Å²) in [6, 6.07) is 10.6. The van der Waals surface area contributed by atoms with Crippen LogP contribution in [0.1, 0.15) is 25.7 Å². The smallest absolute Gasteiger partial charge is 0.319 e. The van der Waals surface area contributed by atoms with E-state index in [9.17, 15) is 14.0 Å². The predicted octanol–water partition coefficient (Wildman–Crippen LogP) is 5.67. The van der Waals surface area contributed by atoms with Crippen molar-refractivity contribution >= 4 is 39.1 Å². The lowest BCUT2D eigenvalue weighted by atomic mass is 9.99. The van der Waals surface area contributed by atoms with Crippen molar-refractivity contribution in [1.29, 1.82) is 5.26 Å². The second kappa shape index (κ2) is 12.0. The Hall–Kier alpha value is -3.72. The first kappa shape index (κ1) is 29.0. The molecule has 0 spiro atoms. The fourth-order valence-corrected chi connectivity index (χ4v) is 7.58. The summed E-state index contributed by atoms with van der Waals surface area (Å²) < 4.78 is 50.7. The number of fused-ring (bicyclic) bond motifs is 4. The topological polar surface area (TPSA) is 90.2 Å². The molecule has 1 aliphatic carbocycles. The minimum absolute atomic E-state index is 0.0171. The summed E-state index contributed by atoms with van der Waals surface area (Å²) >= 11 is 6.37. The van der Waals surface area contributed by atoms with Crippen LogP contribution in [0.4, 0.5) is 19.0 Å². The Kier molecular flexibility index (Phi) is 7.91. The number of benzene rings is 2. The fourth-order valence-electron chi connectivity index (χ4n) is 7.31. The van der Waals surface area contributed by atoms with Crippen LogP contribution < -0.4 is 15.0 Å². The molecule has 4 heterocycles. The molecule has 8 nitrogen and oxygen atoms in total. The number of nitrogens with one attached hydrogen (secondary N) is 1. The second-order valence-electron chi connectivity index (χ2n) is 11.8. The average molecular weight is 622 g/mol. The molecular weight excluding hydrogens is 591 g/mol. The van der Waals surface area contributed by atoms with E-state index in [-0.39, 0.29) is 40.9 Å². The number of anilines is 1. The van der Waals surface area contributed by atoms with E-state index >= 15 is 4.39 Å². The summed E-state index contributed by atoms with van der Waals surface area (Å²) in [7, 11) is 0. The predicted molar refractivity (Wildman–Crippen MR) is 163 cm³/mol. The van der Waals surface area contributed by atoms with Gasteiger partial charge in [0.2, 0.25) is 0 Å². The first-order valence-corrected chi connectivity index (χ1v) is 15.4. The number of pyridine rings is 1. The summed E-state index contributed by atoms with van der Waals surface area (Å²) in [6.07, 6.45) is 5.00. The quantitative estimate of drug-likeness (QED) is 0.269. The van der Waals surface area contributed by atoms with Crippen LogP contribution in [0.3, 0.4) is 0 Å². The lowest BCUT2D eigenvalue weighted by Gasteiger charge is -2.35. The summed E-state index contributed by atoms with van der Waals surface area (Å²) in [5, 5.41) is 13.9. The van der Waals surface area contributed by atoms with Gasteiger partial charge in [-0.05, 0) is 36.6 Å². The third-order valence-electron chi connectivity index (χ3n) is 9.34. The van der Waals surface area contributed by atoms with Crippen LogP contribution in [0.15, 0.2) is 36.5 Å². The highest BCUT2D eigenvalue weighted by Crippen LogP contribution is 2.43. The van der Waals surface area contributed by atoms with Crippen molar-refractivity contribution in [2.75, 3.05) is 44.4 Å². The molecule has 2 aliphatic heterocycles. The monoisotopic (exact) mass is 621 g/mol. The number of hydrogen-bond acceptors (Lipinski definition) is 8. The van der Waals surface area contributed by atoms with Gasteiger partial charge >= 0.3 is 6.01 Å². The molecule has 2 bridgehead atoms. The zero-order valence-corrected chi connectivity index (χ0v) is 24.7. The number of piperazine rings is 1.